The lowest BCUT2D eigenvalue weighted by Crippen LogP contribution is -2.56. The van der Waals surface area contributed by atoms with E-state index in [1.165, 1.54) is 13.2 Å². The van der Waals surface area contributed by atoms with Crippen molar-refractivity contribution < 1.29 is 24.5 Å². The largest absolute Gasteiger partial charge is 0.508 e. The highest BCUT2D eigenvalue weighted by Gasteiger charge is 2.42. The molecule has 1 amide bonds. The molecule has 196 valence electrons. The van der Waals surface area contributed by atoms with E-state index in [-0.39, 0.29) is 29.7 Å². The average Bonchev–Trinajstić information content (AvgIpc) is 2.87. The van der Waals surface area contributed by atoms with Crippen molar-refractivity contribution in [2.24, 2.45) is 5.92 Å². The summed E-state index contributed by atoms with van der Waals surface area (Å²) in [6, 6.07) is 9.87. The molecule has 5 N–H and O–H groups in total. The molecule has 1 aliphatic carbocycles. The van der Waals surface area contributed by atoms with Gasteiger partial charge in [-0.3, -0.25) is 4.79 Å². The number of benzene rings is 2. The number of hydrogen-bond donors (Lipinski definition) is 4. The number of nitrogens with one attached hydrogen (secondary N) is 1. The van der Waals surface area contributed by atoms with Gasteiger partial charge in [-0.2, -0.15) is 0 Å². The van der Waals surface area contributed by atoms with Crippen molar-refractivity contribution in [2.75, 3.05) is 39.6 Å². The van der Waals surface area contributed by atoms with Crippen LogP contribution < -0.4 is 15.8 Å². The minimum Gasteiger partial charge on any atom is -0.508 e. The Morgan fingerprint density at radius 1 is 1.25 bits per heavy atom. The third kappa shape index (κ3) is 5.57. The number of carbonyl (C=O) groups excluding carboxylic acids is 1. The van der Waals surface area contributed by atoms with Crippen molar-refractivity contribution >= 4 is 23.2 Å². The molecule has 0 spiro atoms. The smallest absolute Gasteiger partial charge is 0.255 e. The number of anilines is 1. The van der Waals surface area contributed by atoms with Crippen molar-refractivity contribution in [3.8, 4) is 11.5 Å². The summed E-state index contributed by atoms with van der Waals surface area (Å²) < 4.78 is 11.1. The fourth-order valence-electron chi connectivity index (χ4n) is 5.65. The number of piperidine rings is 1. The minimum absolute atomic E-state index is 0.0397. The first-order valence-electron chi connectivity index (χ1n) is 12.5. The Balaban J connectivity index is 1.43. The van der Waals surface area contributed by atoms with Crippen molar-refractivity contribution in [1.29, 1.82) is 0 Å². The second-order valence-corrected chi connectivity index (χ2v) is 10.3. The predicted octanol–water partition coefficient (Wildman–Crippen LogP) is 3.53. The monoisotopic (exact) mass is 517 g/mol. The number of amides is 1. The number of rotatable bonds is 7. The van der Waals surface area contributed by atoms with Crippen LogP contribution >= 0.6 is 11.6 Å². The van der Waals surface area contributed by atoms with Crippen LogP contribution in [0.1, 0.15) is 48.0 Å². The quantitative estimate of drug-likeness (QED) is 0.415. The summed E-state index contributed by atoms with van der Waals surface area (Å²) in [4.78, 5) is 15.4. The molecule has 1 heterocycles. The molecule has 0 aromatic heterocycles. The maximum atomic E-state index is 13.1. The van der Waals surface area contributed by atoms with Gasteiger partial charge < -0.3 is 35.6 Å². The molecule has 9 heteroatoms. The van der Waals surface area contributed by atoms with E-state index in [0.717, 1.165) is 31.4 Å². The van der Waals surface area contributed by atoms with Crippen LogP contribution in [0.15, 0.2) is 36.4 Å². The molecular formula is C27H36ClN3O5. The number of carbonyl (C=O) groups is 1. The zero-order valence-corrected chi connectivity index (χ0v) is 21.6. The van der Waals surface area contributed by atoms with Gasteiger partial charge in [-0.25, -0.2) is 0 Å². The molecule has 36 heavy (non-hydrogen) atoms. The lowest BCUT2D eigenvalue weighted by Gasteiger charge is -2.45. The molecule has 0 unspecified atom stereocenters. The van der Waals surface area contributed by atoms with Gasteiger partial charge in [0.15, 0.2) is 0 Å². The maximum Gasteiger partial charge on any atom is 0.255 e. The number of nitrogen functional groups attached to an aromatic ring is 1. The fraction of sp³-hybridized carbons (Fsp3) is 0.519. The van der Waals surface area contributed by atoms with Gasteiger partial charge >= 0.3 is 0 Å². The topological polar surface area (TPSA) is 117 Å². The molecule has 4 rings (SSSR count). The lowest BCUT2D eigenvalue weighted by molar-refractivity contribution is -0.0760. The van der Waals surface area contributed by atoms with Gasteiger partial charge in [0.05, 0.1) is 41.1 Å². The number of likely N-dealkylation sites (tertiary alicyclic amines) is 1. The van der Waals surface area contributed by atoms with Crippen molar-refractivity contribution in [3.63, 3.8) is 0 Å². The molecule has 2 fully saturated rings. The van der Waals surface area contributed by atoms with Crippen molar-refractivity contribution in [2.45, 2.75) is 49.9 Å². The highest BCUT2D eigenvalue weighted by Crippen LogP contribution is 2.43. The summed E-state index contributed by atoms with van der Waals surface area (Å²) in [6.07, 6.45) is 4.10. The standard InChI is InChI=1S/C27H36ClN3O5/c1-35-24-14-22(29)21(28)13-20(24)26(33)30-23-9-11-31(16-25(23)36-2)15-18-6-3-4-10-27(18,34)17-7-5-8-19(32)12-17/h5,7-8,12-14,18,23,25,32,34H,3-4,6,9-11,15-16,29H2,1-2H3,(H,30,33)/t18-,23+,25-,27+/m1/s1. The highest BCUT2D eigenvalue weighted by molar-refractivity contribution is 6.33. The van der Waals surface area contributed by atoms with Gasteiger partial charge in [-0.05, 0) is 43.0 Å². The average molecular weight is 518 g/mol. The molecule has 2 aliphatic rings. The van der Waals surface area contributed by atoms with Gasteiger partial charge in [0, 0.05) is 38.7 Å². The molecule has 4 atom stereocenters. The molecule has 2 aromatic rings. The number of halogens is 1. The van der Waals surface area contributed by atoms with E-state index in [2.05, 4.69) is 10.2 Å². The van der Waals surface area contributed by atoms with Gasteiger partial charge in [0.2, 0.25) is 0 Å². The van der Waals surface area contributed by atoms with Gasteiger partial charge in [-0.1, -0.05) is 36.6 Å². The van der Waals surface area contributed by atoms with Crippen LogP contribution in [0, 0.1) is 5.92 Å². The first-order valence-corrected chi connectivity index (χ1v) is 12.8. The summed E-state index contributed by atoms with van der Waals surface area (Å²) in [6.45, 7) is 2.11. The third-order valence-electron chi connectivity index (χ3n) is 7.69. The molecule has 0 bridgehead atoms. The van der Waals surface area contributed by atoms with E-state index in [1.54, 1.807) is 31.4 Å². The zero-order valence-electron chi connectivity index (χ0n) is 20.9. The van der Waals surface area contributed by atoms with Crippen LogP contribution in [0.25, 0.3) is 0 Å². The summed E-state index contributed by atoms with van der Waals surface area (Å²) >= 11 is 6.15. The number of nitrogens with two attached hydrogens (primary N) is 1. The number of phenols is 1. The van der Waals surface area contributed by atoms with Gasteiger partial charge in [0.25, 0.3) is 5.91 Å². The van der Waals surface area contributed by atoms with E-state index < -0.39 is 5.60 Å². The molecule has 2 aromatic carbocycles. The summed E-state index contributed by atoms with van der Waals surface area (Å²) in [5, 5.41) is 25.1. The SMILES string of the molecule is COc1cc(N)c(Cl)cc1C(=O)N[C@H]1CCN(C[C@H]2CCCC[C@]2(O)c2cccc(O)c2)C[C@H]1OC. The van der Waals surface area contributed by atoms with E-state index >= 15 is 0 Å². The van der Waals surface area contributed by atoms with Gasteiger partial charge in [-0.15, -0.1) is 0 Å². The normalized spacial score (nSPS) is 26.9. The highest BCUT2D eigenvalue weighted by atomic mass is 35.5. The van der Waals surface area contributed by atoms with E-state index in [4.69, 9.17) is 26.8 Å². The zero-order chi connectivity index (χ0) is 25.9. The molecule has 0 radical (unpaired) electrons. The first kappa shape index (κ1) is 26.5. The van der Waals surface area contributed by atoms with E-state index in [9.17, 15) is 15.0 Å². The summed E-state index contributed by atoms with van der Waals surface area (Å²) in [5.74, 6) is 0.280. The van der Waals surface area contributed by atoms with E-state index in [0.29, 0.717) is 48.0 Å². The van der Waals surface area contributed by atoms with E-state index in [1.807, 2.05) is 6.07 Å². The van der Waals surface area contributed by atoms with Crippen molar-refractivity contribution in [3.05, 3.63) is 52.5 Å². The minimum atomic E-state index is -0.977. The first-order chi connectivity index (χ1) is 17.2. The summed E-state index contributed by atoms with van der Waals surface area (Å²) in [5.41, 5.74) is 6.32. The van der Waals surface area contributed by atoms with Crippen molar-refractivity contribution in [1.82, 2.24) is 10.2 Å². The Morgan fingerprint density at radius 3 is 2.78 bits per heavy atom. The number of nitrogens with zero attached hydrogens (tertiary/aromatic N) is 1. The van der Waals surface area contributed by atoms with Crippen LogP contribution in [0.2, 0.25) is 5.02 Å². The third-order valence-corrected chi connectivity index (χ3v) is 8.01. The Kier molecular flexibility index (Phi) is 8.30. The second-order valence-electron chi connectivity index (χ2n) is 9.89. The maximum absolute atomic E-state index is 13.1. The molecule has 8 nitrogen and oxygen atoms in total. The molecule has 1 saturated carbocycles. The van der Waals surface area contributed by atoms with Crippen LogP contribution in [0.3, 0.4) is 0 Å². The Labute approximate surface area is 217 Å². The van der Waals surface area contributed by atoms with Crippen LogP contribution in [0.4, 0.5) is 5.69 Å². The second kappa shape index (κ2) is 11.3. The Morgan fingerprint density at radius 2 is 2.06 bits per heavy atom. The van der Waals surface area contributed by atoms with Gasteiger partial charge in [0.1, 0.15) is 11.5 Å². The van der Waals surface area contributed by atoms with Crippen LogP contribution in [-0.2, 0) is 10.3 Å². The number of aromatic hydroxyl groups is 1. The number of aliphatic hydroxyl groups is 1. The summed E-state index contributed by atoms with van der Waals surface area (Å²) in [7, 11) is 3.14. The van der Waals surface area contributed by atoms with Crippen LogP contribution in [0.5, 0.6) is 11.5 Å². The van der Waals surface area contributed by atoms with Crippen LogP contribution in [-0.4, -0.2) is 67.0 Å². The predicted molar refractivity (Wildman–Crippen MR) is 139 cm³/mol. The Bertz CT molecular complexity index is 1080. The fourth-order valence-corrected chi connectivity index (χ4v) is 5.81. The molecule has 1 saturated heterocycles. The number of hydrogen-bond acceptors (Lipinski definition) is 7. The molecule has 1 aliphatic heterocycles. The number of ether oxygens (including phenoxy) is 2. The lowest BCUT2D eigenvalue weighted by atomic mass is 9.71. The number of phenolic OH excluding ortho intramolecular Hbond substituents is 1. The number of methoxy groups -OCH3 is 2. The molecular weight excluding hydrogens is 482 g/mol. The Hall–Kier alpha value is -2.52.